The molecule has 5 aromatic carbocycles. The van der Waals surface area contributed by atoms with Gasteiger partial charge in [0.1, 0.15) is 5.82 Å². The first-order chi connectivity index (χ1) is 15.8. The first-order valence-corrected chi connectivity index (χ1v) is 11.3. The summed E-state index contributed by atoms with van der Waals surface area (Å²) in [5.74, 6) is -0.223. The van der Waals surface area contributed by atoms with Crippen LogP contribution in [0, 0.1) is 5.82 Å². The predicted molar refractivity (Wildman–Crippen MR) is 133 cm³/mol. The number of halogens is 1. The van der Waals surface area contributed by atoms with Crippen molar-refractivity contribution < 1.29 is 4.39 Å². The lowest BCUT2D eigenvalue weighted by molar-refractivity contribution is 0.626. The molecule has 0 aliphatic rings. The Morgan fingerprint density at radius 2 is 1.28 bits per heavy atom. The largest absolute Gasteiger partial charge is 0.264 e. The standard InChI is InChI=1S/C29H18FNS/c30-20-12-14-21(15-13-20)32-29-25-10-4-3-9-24(25)28(27-18-31-17-16-26(27)29)23-11-5-7-19-6-1-2-8-22(19)23/h1-18H. The zero-order valence-electron chi connectivity index (χ0n) is 17.1. The third kappa shape index (κ3) is 3.14. The Kier molecular flexibility index (Phi) is 4.62. The van der Waals surface area contributed by atoms with Crippen molar-refractivity contribution in [3.8, 4) is 11.1 Å². The number of nitrogens with zero attached hydrogens (tertiary/aromatic N) is 1. The summed E-state index contributed by atoms with van der Waals surface area (Å²) in [6.07, 6.45) is 3.81. The van der Waals surface area contributed by atoms with Crippen molar-refractivity contribution in [2.75, 3.05) is 0 Å². The van der Waals surface area contributed by atoms with Crippen LogP contribution < -0.4 is 0 Å². The molecule has 0 amide bonds. The minimum Gasteiger partial charge on any atom is -0.264 e. The quantitative estimate of drug-likeness (QED) is 0.261. The molecule has 6 rings (SSSR count). The number of aromatic nitrogens is 1. The maximum Gasteiger partial charge on any atom is 0.123 e. The lowest BCUT2D eigenvalue weighted by Crippen LogP contribution is -1.91. The Balaban J connectivity index is 1.72. The van der Waals surface area contributed by atoms with Gasteiger partial charge in [0, 0.05) is 27.6 Å². The highest BCUT2D eigenvalue weighted by atomic mass is 32.2. The molecule has 0 spiro atoms. The number of benzene rings is 5. The van der Waals surface area contributed by atoms with E-state index in [1.807, 2.05) is 24.5 Å². The normalized spacial score (nSPS) is 11.4. The van der Waals surface area contributed by atoms with Crippen molar-refractivity contribution in [3.05, 3.63) is 115 Å². The number of fused-ring (bicyclic) bond motifs is 3. The highest BCUT2D eigenvalue weighted by Crippen LogP contribution is 2.46. The molecule has 0 saturated carbocycles. The van der Waals surface area contributed by atoms with Gasteiger partial charge >= 0.3 is 0 Å². The number of rotatable bonds is 3. The fraction of sp³-hybridized carbons (Fsp3) is 0. The second-order valence-electron chi connectivity index (χ2n) is 7.75. The van der Waals surface area contributed by atoms with Gasteiger partial charge in [-0.15, -0.1) is 0 Å². The minimum absolute atomic E-state index is 0.223. The molecule has 152 valence electrons. The first kappa shape index (κ1) is 19.0. The molecule has 0 aliphatic heterocycles. The minimum atomic E-state index is -0.223. The van der Waals surface area contributed by atoms with Gasteiger partial charge in [-0.1, -0.05) is 78.5 Å². The Morgan fingerprint density at radius 3 is 2.12 bits per heavy atom. The highest BCUT2D eigenvalue weighted by molar-refractivity contribution is 7.99. The average Bonchev–Trinajstić information content (AvgIpc) is 2.85. The molecular weight excluding hydrogens is 413 g/mol. The van der Waals surface area contributed by atoms with Crippen molar-refractivity contribution in [2.24, 2.45) is 0 Å². The van der Waals surface area contributed by atoms with Crippen molar-refractivity contribution >= 4 is 44.1 Å². The monoisotopic (exact) mass is 431 g/mol. The lowest BCUT2D eigenvalue weighted by atomic mass is 9.90. The van der Waals surface area contributed by atoms with E-state index in [2.05, 4.69) is 77.8 Å². The smallest absolute Gasteiger partial charge is 0.123 e. The highest BCUT2D eigenvalue weighted by Gasteiger charge is 2.17. The van der Waals surface area contributed by atoms with Crippen LogP contribution in [-0.2, 0) is 0 Å². The first-order valence-electron chi connectivity index (χ1n) is 10.5. The van der Waals surface area contributed by atoms with Gasteiger partial charge in [0.15, 0.2) is 0 Å². The Bertz CT molecular complexity index is 1540. The molecule has 1 aromatic heterocycles. The van der Waals surface area contributed by atoms with Gasteiger partial charge in [0.2, 0.25) is 0 Å². The molecule has 0 bridgehead atoms. The maximum absolute atomic E-state index is 13.5. The molecule has 6 aromatic rings. The molecule has 0 N–H and O–H groups in total. The molecule has 0 radical (unpaired) electrons. The molecule has 0 atom stereocenters. The van der Waals surface area contributed by atoms with Crippen LogP contribution in [0.1, 0.15) is 0 Å². The Hall–Kier alpha value is -3.69. The molecule has 0 aliphatic carbocycles. The van der Waals surface area contributed by atoms with E-state index in [1.165, 1.54) is 44.8 Å². The fourth-order valence-electron chi connectivity index (χ4n) is 4.44. The summed E-state index contributed by atoms with van der Waals surface area (Å²) in [4.78, 5) is 6.65. The predicted octanol–water partition coefficient (Wildman–Crippen LogP) is 8.50. The van der Waals surface area contributed by atoms with Gasteiger partial charge in [0.05, 0.1) is 0 Å². The molecule has 1 nitrogen and oxygen atoms in total. The zero-order valence-corrected chi connectivity index (χ0v) is 17.9. The van der Waals surface area contributed by atoms with E-state index in [0.717, 1.165) is 20.6 Å². The second-order valence-corrected chi connectivity index (χ2v) is 8.84. The molecule has 32 heavy (non-hydrogen) atoms. The van der Waals surface area contributed by atoms with Gasteiger partial charge < -0.3 is 0 Å². The summed E-state index contributed by atoms with van der Waals surface area (Å²) in [6.45, 7) is 0. The van der Waals surface area contributed by atoms with Crippen LogP contribution >= 0.6 is 11.8 Å². The molecule has 0 fully saturated rings. The molecule has 0 unspecified atom stereocenters. The van der Waals surface area contributed by atoms with E-state index in [-0.39, 0.29) is 5.82 Å². The molecule has 1 heterocycles. The Morgan fingerprint density at radius 1 is 0.594 bits per heavy atom. The van der Waals surface area contributed by atoms with Crippen LogP contribution in [0.3, 0.4) is 0 Å². The van der Waals surface area contributed by atoms with Gasteiger partial charge in [-0.25, -0.2) is 4.39 Å². The van der Waals surface area contributed by atoms with Crippen molar-refractivity contribution in [1.82, 2.24) is 4.98 Å². The topological polar surface area (TPSA) is 12.9 Å². The summed E-state index contributed by atoms with van der Waals surface area (Å²) >= 11 is 1.67. The number of pyridine rings is 1. The van der Waals surface area contributed by atoms with Crippen LogP contribution in [0.5, 0.6) is 0 Å². The van der Waals surface area contributed by atoms with Gasteiger partial charge in [-0.2, -0.15) is 0 Å². The summed E-state index contributed by atoms with van der Waals surface area (Å²) in [5.41, 5.74) is 2.40. The summed E-state index contributed by atoms with van der Waals surface area (Å²) in [6, 6.07) is 32.3. The van der Waals surface area contributed by atoms with Crippen LogP contribution in [-0.4, -0.2) is 4.98 Å². The Labute approximate surface area is 189 Å². The SMILES string of the molecule is Fc1ccc(Sc2c3ccccc3c(-c3cccc4ccccc34)c3cnccc23)cc1. The lowest BCUT2D eigenvalue weighted by Gasteiger charge is -2.18. The summed E-state index contributed by atoms with van der Waals surface area (Å²) in [5, 5.41) is 7.08. The average molecular weight is 432 g/mol. The van der Waals surface area contributed by atoms with Crippen LogP contribution in [0.15, 0.2) is 119 Å². The second kappa shape index (κ2) is 7.77. The van der Waals surface area contributed by atoms with Crippen LogP contribution in [0.25, 0.3) is 43.4 Å². The summed E-state index contributed by atoms with van der Waals surface area (Å²) < 4.78 is 13.5. The van der Waals surface area contributed by atoms with Crippen molar-refractivity contribution in [1.29, 1.82) is 0 Å². The number of hydrogen-bond donors (Lipinski definition) is 0. The third-order valence-electron chi connectivity index (χ3n) is 5.87. The summed E-state index contributed by atoms with van der Waals surface area (Å²) in [7, 11) is 0. The van der Waals surface area contributed by atoms with Gasteiger partial charge in [-0.05, 0) is 68.4 Å². The van der Waals surface area contributed by atoms with E-state index in [4.69, 9.17) is 0 Å². The molecular formula is C29H18FNS. The van der Waals surface area contributed by atoms with Crippen molar-refractivity contribution in [3.63, 3.8) is 0 Å². The van der Waals surface area contributed by atoms with E-state index in [1.54, 1.807) is 11.8 Å². The van der Waals surface area contributed by atoms with Crippen LogP contribution in [0.2, 0.25) is 0 Å². The van der Waals surface area contributed by atoms with Gasteiger partial charge in [0.25, 0.3) is 0 Å². The van der Waals surface area contributed by atoms with E-state index in [0.29, 0.717) is 0 Å². The van der Waals surface area contributed by atoms with E-state index in [9.17, 15) is 4.39 Å². The maximum atomic E-state index is 13.5. The fourth-order valence-corrected chi connectivity index (χ4v) is 5.53. The molecule has 0 saturated heterocycles. The van der Waals surface area contributed by atoms with Crippen LogP contribution in [0.4, 0.5) is 4.39 Å². The zero-order chi connectivity index (χ0) is 21.5. The molecule has 3 heteroatoms. The number of hydrogen-bond acceptors (Lipinski definition) is 2. The van der Waals surface area contributed by atoms with Crippen molar-refractivity contribution in [2.45, 2.75) is 9.79 Å². The third-order valence-corrected chi connectivity index (χ3v) is 7.02. The van der Waals surface area contributed by atoms with Gasteiger partial charge in [-0.3, -0.25) is 4.98 Å². The van der Waals surface area contributed by atoms with E-state index < -0.39 is 0 Å². The van der Waals surface area contributed by atoms with E-state index >= 15 is 0 Å².